The Morgan fingerprint density at radius 3 is 2.65 bits per heavy atom. The molecule has 0 aliphatic rings. The maximum Gasteiger partial charge on any atom is 0.262 e. The minimum absolute atomic E-state index is 0.418. The van der Waals surface area contributed by atoms with E-state index < -0.39 is 11.3 Å². The first kappa shape index (κ1) is 14.0. The summed E-state index contributed by atoms with van der Waals surface area (Å²) < 4.78 is 5.68. The molecule has 3 heteroatoms. The molecule has 1 rings (SSSR count). The standard InChI is InChI=1S/C14H19ClO2/c1-4-5-6-13(14(15)16)17-12-8-7-10(2)9-11(12)3/h7-9,13H,4-6H2,1-3H3. The van der Waals surface area contributed by atoms with Crippen LogP contribution in [0.5, 0.6) is 5.75 Å². The molecule has 0 spiro atoms. The van der Waals surface area contributed by atoms with Gasteiger partial charge in [0, 0.05) is 0 Å². The van der Waals surface area contributed by atoms with E-state index in [9.17, 15) is 4.79 Å². The van der Waals surface area contributed by atoms with Crippen LogP contribution in [0.25, 0.3) is 0 Å². The monoisotopic (exact) mass is 254 g/mol. The Bertz CT molecular complexity index is 388. The highest BCUT2D eigenvalue weighted by Crippen LogP contribution is 2.22. The van der Waals surface area contributed by atoms with Crippen molar-refractivity contribution in [2.75, 3.05) is 0 Å². The largest absolute Gasteiger partial charge is 0.481 e. The highest BCUT2D eigenvalue weighted by atomic mass is 35.5. The Labute approximate surface area is 108 Å². The zero-order chi connectivity index (χ0) is 12.8. The van der Waals surface area contributed by atoms with Gasteiger partial charge in [-0.05, 0) is 49.9 Å². The van der Waals surface area contributed by atoms with Crippen molar-refractivity contribution in [1.82, 2.24) is 0 Å². The topological polar surface area (TPSA) is 26.3 Å². The number of benzene rings is 1. The van der Waals surface area contributed by atoms with Crippen molar-refractivity contribution in [1.29, 1.82) is 0 Å². The number of hydrogen-bond acceptors (Lipinski definition) is 2. The molecule has 0 aliphatic carbocycles. The summed E-state index contributed by atoms with van der Waals surface area (Å²) in [6, 6.07) is 5.90. The van der Waals surface area contributed by atoms with Crippen LogP contribution >= 0.6 is 11.6 Å². The molecule has 0 amide bonds. The van der Waals surface area contributed by atoms with Crippen LogP contribution < -0.4 is 4.74 Å². The van der Waals surface area contributed by atoms with Gasteiger partial charge in [-0.25, -0.2) is 0 Å². The number of carbonyl (C=O) groups excluding carboxylic acids is 1. The fraction of sp³-hybridized carbons (Fsp3) is 0.500. The van der Waals surface area contributed by atoms with Gasteiger partial charge in [0.05, 0.1) is 0 Å². The lowest BCUT2D eigenvalue weighted by Gasteiger charge is -2.17. The molecule has 94 valence electrons. The van der Waals surface area contributed by atoms with Crippen molar-refractivity contribution in [3.05, 3.63) is 29.3 Å². The van der Waals surface area contributed by atoms with Gasteiger partial charge in [-0.1, -0.05) is 31.0 Å². The van der Waals surface area contributed by atoms with Crippen molar-refractivity contribution >= 4 is 16.8 Å². The first-order valence-electron chi connectivity index (χ1n) is 5.97. The van der Waals surface area contributed by atoms with Gasteiger partial charge < -0.3 is 4.74 Å². The number of carbonyl (C=O) groups is 1. The van der Waals surface area contributed by atoms with Crippen LogP contribution in [0.4, 0.5) is 0 Å². The zero-order valence-electron chi connectivity index (χ0n) is 10.6. The Morgan fingerprint density at radius 1 is 1.41 bits per heavy atom. The molecule has 17 heavy (non-hydrogen) atoms. The van der Waals surface area contributed by atoms with E-state index in [-0.39, 0.29) is 0 Å². The minimum Gasteiger partial charge on any atom is -0.481 e. The number of aryl methyl sites for hydroxylation is 2. The van der Waals surface area contributed by atoms with E-state index in [0.717, 1.165) is 24.2 Å². The highest BCUT2D eigenvalue weighted by molar-refractivity contribution is 6.64. The average molecular weight is 255 g/mol. The van der Waals surface area contributed by atoms with Gasteiger partial charge in [0.25, 0.3) is 5.24 Å². The van der Waals surface area contributed by atoms with E-state index in [1.54, 1.807) is 0 Å². The van der Waals surface area contributed by atoms with Crippen LogP contribution in [-0.2, 0) is 4.79 Å². The van der Waals surface area contributed by atoms with Crippen molar-refractivity contribution in [2.45, 2.75) is 46.1 Å². The summed E-state index contributed by atoms with van der Waals surface area (Å²) >= 11 is 5.55. The first-order chi connectivity index (χ1) is 8.04. The summed E-state index contributed by atoms with van der Waals surface area (Å²) in [5.41, 5.74) is 2.21. The molecule has 0 radical (unpaired) electrons. The molecule has 0 saturated carbocycles. The van der Waals surface area contributed by atoms with E-state index in [4.69, 9.17) is 16.3 Å². The van der Waals surface area contributed by atoms with Crippen LogP contribution in [0, 0.1) is 13.8 Å². The third kappa shape index (κ3) is 4.39. The van der Waals surface area contributed by atoms with Gasteiger partial charge in [-0.2, -0.15) is 0 Å². The van der Waals surface area contributed by atoms with Crippen LogP contribution in [-0.4, -0.2) is 11.3 Å². The number of rotatable bonds is 6. The zero-order valence-corrected chi connectivity index (χ0v) is 11.4. The lowest BCUT2D eigenvalue weighted by molar-refractivity contribution is -0.118. The molecular formula is C14H19ClO2. The number of halogens is 1. The second-order valence-electron chi connectivity index (χ2n) is 4.32. The van der Waals surface area contributed by atoms with E-state index in [1.807, 2.05) is 32.0 Å². The molecule has 1 unspecified atom stereocenters. The molecule has 0 N–H and O–H groups in total. The molecule has 1 aromatic rings. The maximum absolute atomic E-state index is 11.3. The van der Waals surface area contributed by atoms with Gasteiger partial charge in [0.15, 0.2) is 6.10 Å². The van der Waals surface area contributed by atoms with Crippen LogP contribution in [0.3, 0.4) is 0 Å². The first-order valence-corrected chi connectivity index (χ1v) is 6.35. The van der Waals surface area contributed by atoms with Gasteiger partial charge in [0.2, 0.25) is 0 Å². The average Bonchev–Trinajstić information content (AvgIpc) is 2.26. The molecular weight excluding hydrogens is 236 g/mol. The van der Waals surface area contributed by atoms with Crippen molar-refractivity contribution in [2.24, 2.45) is 0 Å². The van der Waals surface area contributed by atoms with E-state index >= 15 is 0 Å². The molecule has 0 aliphatic heterocycles. The molecule has 0 heterocycles. The van der Waals surface area contributed by atoms with E-state index in [0.29, 0.717) is 6.42 Å². The summed E-state index contributed by atoms with van der Waals surface area (Å²) in [7, 11) is 0. The SMILES string of the molecule is CCCCC(Oc1ccc(C)cc1C)C(=O)Cl. The second kappa shape index (κ2) is 6.65. The van der Waals surface area contributed by atoms with Gasteiger partial charge >= 0.3 is 0 Å². The summed E-state index contributed by atoms with van der Waals surface area (Å²) in [6.45, 7) is 6.07. The van der Waals surface area contributed by atoms with Gasteiger partial charge in [0.1, 0.15) is 5.75 Å². The Kier molecular flexibility index (Phi) is 5.49. The molecule has 0 fully saturated rings. The highest BCUT2D eigenvalue weighted by Gasteiger charge is 2.18. The summed E-state index contributed by atoms with van der Waals surface area (Å²) in [6.07, 6.45) is 2.11. The lowest BCUT2D eigenvalue weighted by Crippen LogP contribution is -2.23. The fourth-order valence-electron chi connectivity index (χ4n) is 1.69. The molecule has 1 atom stereocenters. The van der Waals surface area contributed by atoms with Crippen molar-refractivity contribution in [3.63, 3.8) is 0 Å². The van der Waals surface area contributed by atoms with E-state index in [1.165, 1.54) is 5.56 Å². The third-order valence-electron chi connectivity index (χ3n) is 2.67. The van der Waals surface area contributed by atoms with Gasteiger partial charge in [-0.15, -0.1) is 0 Å². The van der Waals surface area contributed by atoms with Crippen LogP contribution in [0.2, 0.25) is 0 Å². The molecule has 0 aromatic heterocycles. The normalized spacial score (nSPS) is 12.2. The molecule has 1 aromatic carbocycles. The molecule has 0 bridgehead atoms. The molecule has 0 saturated heterocycles. The number of ether oxygens (including phenoxy) is 1. The van der Waals surface area contributed by atoms with Crippen molar-refractivity contribution in [3.8, 4) is 5.75 Å². The number of hydrogen-bond donors (Lipinski definition) is 0. The quantitative estimate of drug-likeness (QED) is 0.717. The van der Waals surface area contributed by atoms with Crippen LogP contribution in [0.1, 0.15) is 37.3 Å². The number of unbranched alkanes of at least 4 members (excludes halogenated alkanes) is 1. The summed E-state index contributed by atoms with van der Waals surface area (Å²) in [5, 5.41) is -0.418. The Balaban J connectivity index is 2.75. The predicted octanol–water partition coefficient (Wildman–Crippen LogP) is 4.01. The van der Waals surface area contributed by atoms with Crippen LogP contribution in [0.15, 0.2) is 18.2 Å². The summed E-state index contributed by atoms with van der Waals surface area (Å²) in [4.78, 5) is 11.3. The van der Waals surface area contributed by atoms with E-state index in [2.05, 4.69) is 6.92 Å². The maximum atomic E-state index is 11.3. The Hall–Kier alpha value is -1.02. The Morgan fingerprint density at radius 2 is 2.12 bits per heavy atom. The lowest BCUT2D eigenvalue weighted by atomic mass is 10.1. The minimum atomic E-state index is -0.530. The van der Waals surface area contributed by atoms with Gasteiger partial charge in [-0.3, -0.25) is 4.79 Å². The third-order valence-corrected chi connectivity index (χ3v) is 2.92. The second-order valence-corrected chi connectivity index (χ2v) is 4.69. The smallest absolute Gasteiger partial charge is 0.262 e. The fourth-order valence-corrected chi connectivity index (χ4v) is 1.85. The summed E-state index contributed by atoms with van der Waals surface area (Å²) in [5.74, 6) is 0.741. The molecule has 2 nitrogen and oxygen atoms in total. The van der Waals surface area contributed by atoms with Crippen molar-refractivity contribution < 1.29 is 9.53 Å². The predicted molar refractivity (Wildman–Crippen MR) is 70.7 cm³/mol.